The van der Waals surface area contributed by atoms with Crippen molar-refractivity contribution in [1.82, 2.24) is 10.1 Å². The third kappa shape index (κ3) is 4.61. The van der Waals surface area contributed by atoms with E-state index in [-0.39, 0.29) is 18.2 Å². The highest BCUT2D eigenvalue weighted by Crippen LogP contribution is 2.29. The molecular weight excluding hydrogens is 397 g/mol. The molecule has 0 aliphatic carbocycles. The number of nitrogens with two attached hydrogens (primary N) is 1. The highest BCUT2D eigenvalue weighted by Gasteiger charge is 2.26. The predicted molar refractivity (Wildman–Crippen MR) is 113 cm³/mol. The van der Waals surface area contributed by atoms with Crippen molar-refractivity contribution in [1.29, 1.82) is 0 Å². The Kier molecular flexibility index (Phi) is 5.75. The second-order valence-corrected chi connectivity index (χ2v) is 7.06. The molecule has 1 heterocycles. The third-order valence-corrected chi connectivity index (χ3v) is 4.82. The number of aryl methyl sites for hydroxylation is 1. The molecule has 156 valence electrons. The van der Waals surface area contributed by atoms with Crippen LogP contribution in [-0.2, 0) is 11.4 Å². The summed E-state index contributed by atoms with van der Waals surface area (Å²) < 4.78 is 25.3. The van der Waals surface area contributed by atoms with Crippen molar-refractivity contribution in [3.63, 3.8) is 0 Å². The molecule has 1 amide bonds. The van der Waals surface area contributed by atoms with Gasteiger partial charge >= 0.3 is 0 Å². The van der Waals surface area contributed by atoms with Crippen molar-refractivity contribution < 1.29 is 18.4 Å². The van der Waals surface area contributed by atoms with Crippen molar-refractivity contribution in [3.8, 4) is 16.9 Å². The van der Waals surface area contributed by atoms with Crippen molar-refractivity contribution in [2.75, 3.05) is 0 Å². The Bertz CT molecular complexity index is 1190. The Hall–Kier alpha value is -4.00. The van der Waals surface area contributed by atoms with Crippen LogP contribution in [0.5, 0.6) is 5.75 Å². The Morgan fingerprint density at radius 3 is 2.39 bits per heavy atom. The maximum Gasteiger partial charge on any atom is 0.243 e. The normalized spacial score (nSPS) is 11.8. The van der Waals surface area contributed by atoms with Crippen LogP contribution in [0.2, 0.25) is 0 Å². The minimum atomic E-state index is -0.847. The van der Waals surface area contributed by atoms with Gasteiger partial charge in [-0.25, -0.2) is 4.39 Å². The number of ether oxygens (including phenoxy) is 1. The lowest BCUT2D eigenvalue weighted by molar-refractivity contribution is -0.119. The van der Waals surface area contributed by atoms with Gasteiger partial charge in [0, 0.05) is 0 Å². The standard InChI is InChI=1S/C24H20FN3O3/c1-15-27-24(31-28-15)22(23(26)29)18-9-7-17(8-10-18)19-11-12-21(20(25)13-19)30-14-16-5-3-2-4-6-16/h2-13,22H,14H2,1H3,(H2,26,29). The second kappa shape index (κ2) is 8.79. The van der Waals surface area contributed by atoms with E-state index in [0.29, 0.717) is 17.0 Å². The molecule has 0 saturated heterocycles. The van der Waals surface area contributed by atoms with Crippen LogP contribution < -0.4 is 10.5 Å². The average molecular weight is 417 g/mol. The maximum absolute atomic E-state index is 14.6. The fourth-order valence-electron chi connectivity index (χ4n) is 3.26. The van der Waals surface area contributed by atoms with E-state index in [9.17, 15) is 9.18 Å². The van der Waals surface area contributed by atoms with Crippen molar-refractivity contribution >= 4 is 5.91 Å². The number of amides is 1. The van der Waals surface area contributed by atoms with Crippen LogP contribution in [0, 0.1) is 12.7 Å². The summed E-state index contributed by atoms with van der Waals surface area (Å²) in [6, 6.07) is 21.4. The van der Waals surface area contributed by atoms with Gasteiger partial charge in [-0.1, -0.05) is 65.8 Å². The maximum atomic E-state index is 14.6. The number of primary amides is 1. The number of aromatic nitrogens is 2. The van der Waals surface area contributed by atoms with Crippen LogP contribution in [0.3, 0.4) is 0 Å². The number of carbonyl (C=O) groups is 1. The molecule has 6 nitrogen and oxygen atoms in total. The van der Waals surface area contributed by atoms with Gasteiger partial charge in [0.15, 0.2) is 17.4 Å². The van der Waals surface area contributed by atoms with Gasteiger partial charge in [0.05, 0.1) is 0 Å². The van der Waals surface area contributed by atoms with Gasteiger partial charge in [0.2, 0.25) is 11.8 Å². The first kappa shape index (κ1) is 20.3. The van der Waals surface area contributed by atoms with E-state index in [0.717, 1.165) is 11.1 Å². The predicted octanol–water partition coefficient (Wildman–Crippen LogP) is 4.38. The zero-order valence-corrected chi connectivity index (χ0v) is 16.8. The minimum Gasteiger partial charge on any atom is -0.486 e. The molecule has 31 heavy (non-hydrogen) atoms. The van der Waals surface area contributed by atoms with Crippen LogP contribution in [0.1, 0.15) is 28.8 Å². The summed E-state index contributed by atoms with van der Waals surface area (Å²) in [7, 11) is 0. The molecule has 0 aliphatic heterocycles. The highest BCUT2D eigenvalue weighted by molar-refractivity contribution is 5.84. The van der Waals surface area contributed by atoms with Crippen LogP contribution in [-0.4, -0.2) is 16.0 Å². The molecular formula is C24H20FN3O3. The summed E-state index contributed by atoms with van der Waals surface area (Å²) in [5.41, 5.74) is 8.57. The summed E-state index contributed by atoms with van der Waals surface area (Å²) in [6.07, 6.45) is 0. The molecule has 7 heteroatoms. The van der Waals surface area contributed by atoms with Crippen molar-refractivity contribution in [2.24, 2.45) is 5.73 Å². The molecule has 0 spiro atoms. The second-order valence-electron chi connectivity index (χ2n) is 7.06. The van der Waals surface area contributed by atoms with Gasteiger partial charge in [-0.05, 0) is 41.3 Å². The Balaban J connectivity index is 1.52. The van der Waals surface area contributed by atoms with Gasteiger partial charge in [0.1, 0.15) is 12.5 Å². The van der Waals surface area contributed by atoms with Crippen molar-refractivity contribution in [3.05, 3.63) is 101 Å². The Morgan fingerprint density at radius 1 is 1.06 bits per heavy atom. The lowest BCUT2D eigenvalue weighted by Gasteiger charge is -2.11. The molecule has 0 bridgehead atoms. The highest BCUT2D eigenvalue weighted by atomic mass is 19.1. The molecule has 0 aliphatic rings. The lowest BCUT2D eigenvalue weighted by Crippen LogP contribution is -2.22. The van der Waals surface area contributed by atoms with E-state index in [1.165, 1.54) is 6.07 Å². The number of halogens is 1. The van der Waals surface area contributed by atoms with E-state index in [1.807, 2.05) is 30.3 Å². The number of hydrogen-bond donors (Lipinski definition) is 1. The number of benzene rings is 3. The molecule has 4 aromatic rings. The van der Waals surface area contributed by atoms with Gasteiger partial charge in [-0.2, -0.15) is 4.98 Å². The zero-order chi connectivity index (χ0) is 21.8. The van der Waals surface area contributed by atoms with Crippen LogP contribution in [0.15, 0.2) is 77.3 Å². The first-order valence-electron chi connectivity index (χ1n) is 9.67. The smallest absolute Gasteiger partial charge is 0.243 e. The fourth-order valence-corrected chi connectivity index (χ4v) is 3.26. The van der Waals surface area contributed by atoms with Crippen LogP contribution in [0.4, 0.5) is 4.39 Å². The number of rotatable bonds is 7. The molecule has 0 radical (unpaired) electrons. The van der Waals surface area contributed by atoms with E-state index in [2.05, 4.69) is 10.1 Å². The van der Waals surface area contributed by atoms with Crippen molar-refractivity contribution in [2.45, 2.75) is 19.4 Å². The quantitative estimate of drug-likeness (QED) is 0.482. The summed E-state index contributed by atoms with van der Waals surface area (Å²) in [5.74, 6) is -1.15. The van der Waals surface area contributed by atoms with E-state index >= 15 is 0 Å². The third-order valence-electron chi connectivity index (χ3n) is 4.82. The van der Waals surface area contributed by atoms with E-state index < -0.39 is 17.6 Å². The minimum absolute atomic E-state index is 0.142. The molecule has 1 aromatic heterocycles. The molecule has 3 aromatic carbocycles. The summed E-state index contributed by atoms with van der Waals surface area (Å²) in [5, 5.41) is 3.72. The summed E-state index contributed by atoms with van der Waals surface area (Å²) in [6.45, 7) is 1.95. The largest absolute Gasteiger partial charge is 0.486 e. The SMILES string of the molecule is Cc1noc(C(C(N)=O)c2ccc(-c3ccc(OCc4ccccc4)c(F)c3)cc2)n1. The van der Waals surface area contributed by atoms with E-state index in [4.69, 9.17) is 15.0 Å². The number of nitrogens with zero attached hydrogens (tertiary/aromatic N) is 2. The number of carbonyl (C=O) groups excluding carboxylic acids is 1. The molecule has 1 unspecified atom stereocenters. The molecule has 4 rings (SSSR count). The Labute approximate surface area is 178 Å². The molecule has 0 saturated carbocycles. The van der Waals surface area contributed by atoms with Crippen LogP contribution >= 0.6 is 0 Å². The molecule has 1 atom stereocenters. The fraction of sp³-hybridized carbons (Fsp3) is 0.125. The molecule has 0 fully saturated rings. The summed E-state index contributed by atoms with van der Waals surface area (Å²) in [4.78, 5) is 16.0. The van der Waals surface area contributed by atoms with Crippen LogP contribution in [0.25, 0.3) is 11.1 Å². The monoisotopic (exact) mass is 417 g/mol. The van der Waals surface area contributed by atoms with Gasteiger partial charge < -0.3 is 15.0 Å². The Morgan fingerprint density at radius 2 is 1.77 bits per heavy atom. The number of hydrogen-bond acceptors (Lipinski definition) is 5. The van der Waals surface area contributed by atoms with E-state index in [1.54, 1.807) is 43.3 Å². The van der Waals surface area contributed by atoms with Gasteiger partial charge in [0.25, 0.3) is 0 Å². The molecule has 2 N–H and O–H groups in total. The van der Waals surface area contributed by atoms with Gasteiger partial charge in [-0.3, -0.25) is 4.79 Å². The summed E-state index contributed by atoms with van der Waals surface area (Å²) >= 11 is 0. The zero-order valence-electron chi connectivity index (χ0n) is 16.8. The average Bonchev–Trinajstić information content (AvgIpc) is 3.19. The van der Waals surface area contributed by atoms with Gasteiger partial charge in [-0.15, -0.1) is 0 Å². The first-order valence-corrected chi connectivity index (χ1v) is 9.67. The first-order chi connectivity index (χ1) is 15.0. The lowest BCUT2D eigenvalue weighted by atomic mass is 9.95. The topological polar surface area (TPSA) is 91.2 Å².